The van der Waals surface area contributed by atoms with Crippen molar-refractivity contribution in [1.82, 2.24) is 24.4 Å². The fraction of sp³-hybridized carbons (Fsp3) is 0.786. The third-order valence-corrected chi connectivity index (χ3v) is 9.35. The van der Waals surface area contributed by atoms with E-state index >= 15 is 0 Å². The Morgan fingerprint density at radius 3 is 2.13 bits per heavy atom. The van der Waals surface area contributed by atoms with Crippen LogP contribution in [0.5, 0.6) is 0 Å². The van der Waals surface area contributed by atoms with Gasteiger partial charge in [-0.25, -0.2) is 4.98 Å². The van der Waals surface area contributed by atoms with Crippen LogP contribution in [-0.2, 0) is 4.79 Å². The first-order valence-electron chi connectivity index (χ1n) is 15.0. The first-order valence-corrected chi connectivity index (χ1v) is 15.0. The van der Waals surface area contributed by atoms with Crippen LogP contribution < -0.4 is 16.4 Å². The lowest BCUT2D eigenvalue weighted by molar-refractivity contribution is -0.137. The van der Waals surface area contributed by atoms with Gasteiger partial charge in [0.2, 0.25) is 11.9 Å². The van der Waals surface area contributed by atoms with Gasteiger partial charge in [-0.05, 0) is 64.2 Å². The van der Waals surface area contributed by atoms with Crippen molar-refractivity contribution < 1.29 is 4.79 Å². The highest BCUT2D eigenvalue weighted by Crippen LogP contribution is 2.34. The molecule has 3 aliphatic carbocycles. The number of amides is 1. The highest BCUT2D eigenvalue weighted by Gasteiger charge is 2.30. The normalized spacial score (nSPS) is 25.2. The van der Waals surface area contributed by atoms with Gasteiger partial charge in [-0.15, -0.1) is 24.8 Å². The van der Waals surface area contributed by atoms with Gasteiger partial charge in [0.05, 0.1) is 6.33 Å². The van der Waals surface area contributed by atoms with E-state index in [1.165, 1.54) is 44.9 Å². The molecule has 9 nitrogen and oxygen atoms in total. The average Bonchev–Trinajstić information content (AvgIpc) is 3.61. The summed E-state index contributed by atoms with van der Waals surface area (Å²) in [7, 11) is 0. The van der Waals surface area contributed by atoms with Gasteiger partial charge < -0.3 is 25.8 Å². The smallest absolute Gasteiger partial charge is 0.227 e. The maximum atomic E-state index is 13.0. The zero-order valence-corrected chi connectivity index (χ0v) is 24.7. The van der Waals surface area contributed by atoms with Crippen molar-refractivity contribution in [1.29, 1.82) is 0 Å². The first-order chi connectivity index (χ1) is 18.1. The Bertz CT molecular complexity index is 1070. The van der Waals surface area contributed by atoms with E-state index in [2.05, 4.69) is 20.1 Å². The van der Waals surface area contributed by atoms with Gasteiger partial charge in [0.15, 0.2) is 17.0 Å². The van der Waals surface area contributed by atoms with Crippen LogP contribution in [0.2, 0.25) is 0 Å². The van der Waals surface area contributed by atoms with E-state index in [0.29, 0.717) is 30.0 Å². The van der Waals surface area contributed by atoms with Crippen molar-refractivity contribution in [2.45, 2.75) is 120 Å². The van der Waals surface area contributed by atoms with Crippen molar-refractivity contribution in [3.05, 3.63) is 6.33 Å². The Labute approximate surface area is 244 Å². The van der Waals surface area contributed by atoms with Crippen molar-refractivity contribution >= 4 is 53.7 Å². The molecule has 4 aliphatic rings. The second-order valence-corrected chi connectivity index (χ2v) is 12.0. The molecule has 4 fully saturated rings. The largest absolute Gasteiger partial charge is 0.365 e. The number of halogens is 2. The van der Waals surface area contributed by atoms with E-state index in [1.807, 2.05) is 6.33 Å². The number of aromatic nitrogens is 4. The number of nitrogens with two attached hydrogens (primary N) is 1. The van der Waals surface area contributed by atoms with Gasteiger partial charge in [-0.1, -0.05) is 32.1 Å². The topological polar surface area (TPSA) is 114 Å². The lowest BCUT2D eigenvalue weighted by Gasteiger charge is -2.35. The molecule has 2 aromatic rings. The maximum Gasteiger partial charge on any atom is 0.227 e. The zero-order valence-electron chi connectivity index (χ0n) is 23.0. The number of hydrogen-bond donors (Lipinski definition) is 3. The van der Waals surface area contributed by atoms with Crippen molar-refractivity contribution in [3.63, 3.8) is 0 Å². The molecule has 4 N–H and O–H groups in total. The van der Waals surface area contributed by atoms with Crippen LogP contribution in [-0.4, -0.2) is 61.5 Å². The van der Waals surface area contributed by atoms with E-state index in [9.17, 15) is 4.79 Å². The summed E-state index contributed by atoms with van der Waals surface area (Å²) in [5.74, 6) is 2.16. The van der Waals surface area contributed by atoms with Gasteiger partial charge in [0.25, 0.3) is 0 Å². The van der Waals surface area contributed by atoms with Crippen molar-refractivity contribution in [2.24, 2.45) is 11.7 Å². The molecule has 0 radical (unpaired) electrons. The number of anilines is 2. The van der Waals surface area contributed by atoms with Gasteiger partial charge in [0, 0.05) is 43.2 Å². The second kappa shape index (κ2) is 13.7. The number of imidazole rings is 1. The number of nitrogens with one attached hydrogen (secondary N) is 2. The molecular weight excluding hydrogens is 535 g/mol. The molecule has 3 saturated carbocycles. The standard InChI is InChI=1S/C28H44N8O.2ClH/c29-20-10-12-21(13-11-20)32-28-33-25(24-26(34-28)36(18-30-24)23-8-4-5-9-23)31-22-14-16-35(17-15-22)27(37)19-6-2-1-3-7-19;;/h18-23H,1-17,29H2,(H2,31,32,33,34);2*1H. The molecular formula is C28H46Cl2N8O. The number of piperidine rings is 1. The van der Waals surface area contributed by atoms with Crippen molar-refractivity contribution in [3.8, 4) is 0 Å². The summed E-state index contributed by atoms with van der Waals surface area (Å²) in [5.41, 5.74) is 7.93. The molecule has 1 aliphatic heterocycles. The van der Waals surface area contributed by atoms with E-state index in [-0.39, 0.29) is 36.8 Å². The summed E-state index contributed by atoms with van der Waals surface area (Å²) in [5, 5.41) is 7.35. The van der Waals surface area contributed by atoms with Crippen LogP contribution in [0.1, 0.15) is 102 Å². The first kappa shape index (κ1) is 30.1. The predicted octanol–water partition coefficient (Wildman–Crippen LogP) is 5.45. The number of fused-ring (bicyclic) bond motifs is 1. The summed E-state index contributed by atoms with van der Waals surface area (Å²) in [6, 6.07) is 1.44. The molecule has 0 aromatic carbocycles. The molecule has 0 bridgehead atoms. The summed E-state index contributed by atoms with van der Waals surface area (Å²) in [6.07, 6.45) is 18.8. The predicted molar refractivity (Wildman–Crippen MR) is 161 cm³/mol. The minimum absolute atomic E-state index is 0. The number of carbonyl (C=O) groups excluding carboxylic acids is 1. The second-order valence-electron chi connectivity index (χ2n) is 12.0. The van der Waals surface area contributed by atoms with Gasteiger partial charge in [-0.2, -0.15) is 9.97 Å². The Hall–Kier alpha value is -1.84. The molecule has 11 heteroatoms. The van der Waals surface area contributed by atoms with E-state index in [4.69, 9.17) is 20.7 Å². The number of nitrogens with zero attached hydrogens (tertiary/aromatic N) is 5. The molecule has 0 spiro atoms. The molecule has 1 saturated heterocycles. The average molecular weight is 582 g/mol. The molecule has 2 aromatic heterocycles. The summed E-state index contributed by atoms with van der Waals surface area (Å²) < 4.78 is 2.28. The van der Waals surface area contributed by atoms with Crippen LogP contribution in [0.25, 0.3) is 11.2 Å². The monoisotopic (exact) mass is 580 g/mol. The Morgan fingerprint density at radius 2 is 1.44 bits per heavy atom. The Kier molecular flexibility index (Phi) is 10.6. The summed E-state index contributed by atoms with van der Waals surface area (Å²) in [4.78, 5) is 29.9. The molecule has 218 valence electrons. The Morgan fingerprint density at radius 1 is 0.795 bits per heavy atom. The number of hydrogen-bond acceptors (Lipinski definition) is 7. The van der Waals surface area contributed by atoms with Gasteiger partial charge >= 0.3 is 0 Å². The van der Waals surface area contributed by atoms with Crippen LogP contribution in [0, 0.1) is 5.92 Å². The van der Waals surface area contributed by atoms with E-state index < -0.39 is 0 Å². The van der Waals surface area contributed by atoms with E-state index in [1.54, 1.807) is 0 Å². The summed E-state index contributed by atoms with van der Waals surface area (Å²) in [6.45, 7) is 1.65. The SMILES string of the molecule is Cl.Cl.NC1CCC(Nc2nc(NC3CCN(C(=O)C4CCCCC4)CC3)c3ncn(C4CCCC4)c3n2)CC1. The molecule has 0 unspecified atom stereocenters. The van der Waals surface area contributed by atoms with Crippen LogP contribution in [0.4, 0.5) is 11.8 Å². The molecule has 0 atom stereocenters. The number of likely N-dealkylation sites (tertiary alicyclic amines) is 1. The minimum atomic E-state index is 0. The fourth-order valence-electron chi connectivity index (χ4n) is 7.02. The molecule has 39 heavy (non-hydrogen) atoms. The van der Waals surface area contributed by atoms with Gasteiger partial charge in [-0.3, -0.25) is 4.79 Å². The van der Waals surface area contributed by atoms with Crippen LogP contribution in [0.3, 0.4) is 0 Å². The lowest BCUT2D eigenvalue weighted by Crippen LogP contribution is -2.45. The highest BCUT2D eigenvalue weighted by atomic mass is 35.5. The van der Waals surface area contributed by atoms with Crippen molar-refractivity contribution in [2.75, 3.05) is 23.7 Å². The van der Waals surface area contributed by atoms with Crippen LogP contribution >= 0.6 is 24.8 Å². The molecule has 6 rings (SSSR count). The zero-order chi connectivity index (χ0) is 25.2. The Balaban J connectivity index is 0.00000176. The quantitative estimate of drug-likeness (QED) is 0.416. The molecule has 1 amide bonds. The summed E-state index contributed by atoms with van der Waals surface area (Å²) >= 11 is 0. The van der Waals surface area contributed by atoms with E-state index in [0.717, 1.165) is 81.4 Å². The fourth-order valence-corrected chi connectivity index (χ4v) is 7.02. The third kappa shape index (κ3) is 6.91. The van der Waals surface area contributed by atoms with Gasteiger partial charge in [0.1, 0.15) is 0 Å². The number of carbonyl (C=O) groups is 1. The lowest BCUT2D eigenvalue weighted by atomic mass is 9.87. The highest BCUT2D eigenvalue weighted by molar-refractivity contribution is 5.86. The molecule has 3 heterocycles. The maximum absolute atomic E-state index is 13.0. The van der Waals surface area contributed by atoms with Crippen LogP contribution in [0.15, 0.2) is 6.33 Å². The number of rotatable bonds is 6. The third-order valence-electron chi connectivity index (χ3n) is 9.35. The minimum Gasteiger partial charge on any atom is -0.365 e.